The van der Waals surface area contributed by atoms with E-state index in [0.29, 0.717) is 12.4 Å². The smallest absolute Gasteiger partial charge is 0.226 e. The van der Waals surface area contributed by atoms with Gasteiger partial charge in [0.15, 0.2) is 5.82 Å². The van der Waals surface area contributed by atoms with Crippen molar-refractivity contribution in [2.75, 3.05) is 26.0 Å². The molecular weight excluding hydrogens is 240 g/mol. The van der Waals surface area contributed by atoms with Crippen molar-refractivity contribution in [1.82, 2.24) is 15.0 Å². The van der Waals surface area contributed by atoms with E-state index in [4.69, 9.17) is 4.52 Å². The molecule has 0 radical (unpaired) electrons. The van der Waals surface area contributed by atoms with E-state index < -0.39 is 0 Å². The lowest BCUT2D eigenvalue weighted by Crippen LogP contribution is -2.11. The lowest BCUT2D eigenvalue weighted by Gasteiger charge is -2.04. The summed E-state index contributed by atoms with van der Waals surface area (Å²) in [4.78, 5) is 6.37. The van der Waals surface area contributed by atoms with Crippen molar-refractivity contribution in [2.45, 2.75) is 19.4 Å². The molecule has 102 valence electrons. The molecule has 1 aromatic heterocycles. The maximum Gasteiger partial charge on any atom is 0.226 e. The molecule has 0 saturated heterocycles. The minimum atomic E-state index is 0.714. The number of rotatable bonds is 7. The number of benzene rings is 1. The average Bonchev–Trinajstić information content (AvgIpc) is 2.83. The highest BCUT2D eigenvalue weighted by Gasteiger charge is 2.06. The molecule has 0 atom stereocenters. The van der Waals surface area contributed by atoms with Gasteiger partial charge in [0.1, 0.15) is 0 Å². The molecule has 5 heteroatoms. The van der Waals surface area contributed by atoms with Gasteiger partial charge in [-0.3, -0.25) is 0 Å². The van der Waals surface area contributed by atoms with E-state index in [2.05, 4.69) is 27.6 Å². The maximum atomic E-state index is 5.20. The van der Waals surface area contributed by atoms with Crippen molar-refractivity contribution < 1.29 is 4.52 Å². The van der Waals surface area contributed by atoms with Crippen molar-refractivity contribution in [3.05, 3.63) is 42.0 Å². The van der Waals surface area contributed by atoms with Crippen LogP contribution in [-0.2, 0) is 13.0 Å². The summed E-state index contributed by atoms with van der Waals surface area (Å²) >= 11 is 0. The molecule has 0 aliphatic heterocycles. The molecule has 1 heterocycles. The highest BCUT2D eigenvalue weighted by molar-refractivity contribution is 5.42. The minimum Gasteiger partial charge on any atom is -0.385 e. The van der Waals surface area contributed by atoms with E-state index in [1.54, 1.807) is 0 Å². The van der Waals surface area contributed by atoms with Crippen LogP contribution in [0.4, 0.5) is 5.69 Å². The average molecular weight is 260 g/mol. The second kappa shape index (κ2) is 6.89. The summed E-state index contributed by atoms with van der Waals surface area (Å²) in [6, 6.07) is 10.2. The van der Waals surface area contributed by atoms with Crippen molar-refractivity contribution in [2.24, 2.45) is 0 Å². The van der Waals surface area contributed by atoms with Gasteiger partial charge in [-0.2, -0.15) is 4.98 Å². The molecule has 0 aliphatic rings. The molecule has 0 fully saturated rings. The maximum absolute atomic E-state index is 5.20. The Kier molecular flexibility index (Phi) is 4.92. The summed E-state index contributed by atoms with van der Waals surface area (Å²) in [7, 11) is 3.97. The lowest BCUT2D eigenvalue weighted by atomic mass is 10.3. The molecule has 0 saturated carbocycles. The van der Waals surface area contributed by atoms with Gasteiger partial charge in [-0.1, -0.05) is 23.4 Å². The van der Waals surface area contributed by atoms with Crippen LogP contribution in [0.5, 0.6) is 0 Å². The van der Waals surface area contributed by atoms with Crippen LogP contribution in [0.15, 0.2) is 34.9 Å². The number of anilines is 1. The normalized spacial score (nSPS) is 10.9. The van der Waals surface area contributed by atoms with E-state index in [9.17, 15) is 0 Å². The molecule has 2 rings (SSSR count). The van der Waals surface area contributed by atoms with Gasteiger partial charge in [0, 0.05) is 18.7 Å². The Hall–Kier alpha value is -1.88. The van der Waals surface area contributed by atoms with Crippen LogP contribution in [-0.4, -0.2) is 35.7 Å². The van der Waals surface area contributed by atoms with E-state index in [1.165, 1.54) is 0 Å². The molecule has 0 unspecified atom stereocenters. The Morgan fingerprint density at radius 3 is 2.74 bits per heavy atom. The van der Waals surface area contributed by atoms with Gasteiger partial charge in [-0.05, 0) is 32.6 Å². The first-order chi connectivity index (χ1) is 9.24. The number of hydrogen-bond donors (Lipinski definition) is 1. The van der Waals surface area contributed by atoms with Crippen LogP contribution in [0, 0.1) is 0 Å². The fourth-order valence-corrected chi connectivity index (χ4v) is 1.77. The highest BCUT2D eigenvalue weighted by Crippen LogP contribution is 2.06. The summed E-state index contributed by atoms with van der Waals surface area (Å²) in [5.74, 6) is 1.46. The number of aryl methyl sites for hydroxylation is 1. The highest BCUT2D eigenvalue weighted by atomic mass is 16.5. The zero-order valence-corrected chi connectivity index (χ0v) is 11.5. The van der Waals surface area contributed by atoms with Crippen LogP contribution in [0.25, 0.3) is 0 Å². The number of para-hydroxylation sites is 1. The largest absolute Gasteiger partial charge is 0.385 e. The Morgan fingerprint density at radius 1 is 1.21 bits per heavy atom. The second-order valence-corrected chi connectivity index (χ2v) is 4.74. The van der Waals surface area contributed by atoms with Crippen LogP contribution < -0.4 is 5.32 Å². The molecule has 19 heavy (non-hydrogen) atoms. The van der Waals surface area contributed by atoms with E-state index in [1.807, 2.05) is 37.2 Å². The number of nitrogens with one attached hydrogen (secondary N) is 1. The first-order valence-electron chi connectivity index (χ1n) is 6.49. The van der Waals surface area contributed by atoms with E-state index >= 15 is 0 Å². The SMILES string of the molecule is CN(C)Cc1noc(CCCNc2ccccc2)n1. The summed E-state index contributed by atoms with van der Waals surface area (Å²) < 4.78 is 5.20. The minimum absolute atomic E-state index is 0.714. The standard InChI is InChI=1S/C14H20N4O/c1-18(2)11-13-16-14(19-17-13)9-6-10-15-12-7-4-3-5-8-12/h3-5,7-8,15H,6,9-11H2,1-2H3. The molecule has 1 aromatic carbocycles. The van der Waals surface area contributed by atoms with Gasteiger partial charge in [-0.15, -0.1) is 0 Å². The monoisotopic (exact) mass is 260 g/mol. The fourth-order valence-electron chi connectivity index (χ4n) is 1.77. The van der Waals surface area contributed by atoms with Gasteiger partial charge in [0.05, 0.1) is 6.54 Å². The van der Waals surface area contributed by atoms with Gasteiger partial charge < -0.3 is 14.7 Å². The Bertz CT molecular complexity index is 481. The van der Waals surface area contributed by atoms with E-state index in [-0.39, 0.29) is 0 Å². The third-order valence-electron chi connectivity index (χ3n) is 2.64. The van der Waals surface area contributed by atoms with Gasteiger partial charge in [0.2, 0.25) is 5.89 Å². The third kappa shape index (κ3) is 4.71. The van der Waals surface area contributed by atoms with E-state index in [0.717, 1.165) is 30.9 Å². The zero-order chi connectivity index (χ0) is 13.5. The van der Waals surface area contributed by atoms with Gasteiger partial charge in [-0.25, -0.2) is 0 Å². The Balaban J connectivity index is 1.69. The number of hydrogen-bond acceptors (Lipinski definition) is 5. The van der Waals surface area contributed by atoms with Gasteiger partial charge in [0.25, 0.3) is 0 Å². The first-order valence-corrected chi connectivity index (χ1v) is 6.49. The predicted molar refractivity (Wildman–Crippen MR) is 74.9 cm³/mol. The van der Waals surface area contributed by atoms with Crippen molar-refractivity contribution in [3.8, 4) is 0 Å². The molecular formula is C14H20N4O. The Morgan fingerprint density at radius 2 is 2.00 bits per heavy atom. The van der Waals surface area contributed by atoms with Crippen molar-refractivity contribution in [1.29, 1.82) is 0 Å². The molecule has 0 aliphatic carbocycles. The molecule has 2 aromatic rings. The fraction of sp³-hybridized carbons (Fsp3) is 0.429. The molecule has 0 amide bonds. The zero-order valence-electron chi connectivity index (χ0n) is 11.5. The number of aromatic nitrogens is 2. The molecule has 0 spiro atoms. The first kappa shape index (κ1) is 13.5. The van der Waals surface area contributed by atoms with Crippen molar-refractivity contribution >= 4 is 5.69 Å². The predicted octanol–water partition coefficient (Wildman–Crippen LogP) is 2.18. The summed E-state index contributed by atoms with van der Waals surface area (Å²) in [5, 5.41) is 7.30. The third-order valence-corrected chi connectivity index (χ3v) is 2.64. The molecule has 1 N–H and O–H groups in total. The van der Waals surface area contributed by atoms with Crippen molar-refractivity contribution in [3.63, 3.8) is 0 Å². The number of nitrogens with zero attached hydrogens (tertiary/aromatic N) is 3. The Labute approximate surface area is 113 Å². The molecule has 0 bridgehead atoms. The molecule has 5 nitrogen and oxygen atoms in total. The quantitative estimate of drug-likeness (QED) is 0.773. The lowest BCUT2D eigenvalue weighted by molar-refractivity contribution is 0.348. The summed E-state index contributed by atoms with van der Waals surface area (Å²) in [6.45, 7) is 1.61. The summed E-state index contributed by atoms with van der Waals surface area (Å²) in [5.41, 5.74) is 1.14. The van der Waals surface area contributed by atoms with Crippen LogP contribution >= 0.6 is 0 Å². The topological polar surface area (TPSA) is 54.2 Å². The van der Waals surface area contributed by atoms with Gasteiger partial charge >= 0.3 is 0 Å². The van der Waals surface area contributed by atoms with Crippen LogP contribution in [0.1, 0.15) is 18.1 Å². The second-order valence-electron chi connectivity index (χ2n) is 4.74. The van der Waals surface area contributed by atoms with Crippen LogP contribution in [0.3, 0.4) is 0 Å². The van der Waals surface area contributed by atoms with Crippen LogP contribution in [0.2, 0.25) is 0 Å². The summed E-state index contributed by atoms with van der Waals surface area (Å²) in [6.07, 6.45) is 1.78.